The molecule has 0 aliphatic carbocycles. The van der Waals surface area contributed by atoms with Crippen LogP contribution in [0.4, 0.5) is 0 Å². The first kappa shape index (κ1) is 17.9. The number of rotatable bonds is 10. The van der Waals surface area contributed by atoms with E-state index >= 15 is 0 Å². The summed E-state index contributed by atoms with van der Waals surface area (Å²) < 4.78 is 0. The quantitative estimate of drug-likeness (QED) is 0.566. The summed E-state index contributed by atoms with van der Waals surface area (Å²) in [6, 6.07) is 0. The maximum absolute atomic E-state index is 11.8. The van der Waals surface area contributed by atoms with Gasteiger partial charge < -0.3 is 16.2 Å². The van der Waals surface area contributed by atoms with Crippen molar-refractivity contribution in [2.45, 2.75) is 64.8 Å². The van der Waals surface area contributed by atoms with Crippen LogP contribution in [-0.2, 0) is 9.59 Å². The molecular weight excluding hydrogens is 244 g/mol. The van der Waals surface area contributed by atoms with Crippen LogP contribution >= 0.6 is 0 Å². The van der Waals surface area contributed by atoms with Crippen LogP contribution in [0.2, 0.25) is 0 Å². The van der Waals surface area contributed by atoms with Gasteiger partial charge in [-0.15, -0.1) is 0 Å². The van der Waals surface area contributed by atoms with Crippen LogP contribution in [0.15, 0.2) is 0 Å². The molecule has 19 heavy (non-hydrogen) atoms. The molecule has 0 saturated carbocycles. The topological polar surface area (TPSA) is 92.4 Å². The molecule has 0 aliphatic rings. The van der Waals surface area contributed by atoms with E-state index in [4.69, 9.17) is 10.8 Å². The molecule has 0 bridgehead atoms. The van der Waals surface area contributed by atoms with Crippen molar-refractivity contribution in [3.8, 4) is 0 Å². The predicted molar refractivity (Wildman–Crippen MR) is 75.8 cm³/mol. The molecule has 0 aromatic heterocycles. The van der Waals surface area contributed by atoms with Gasteiger partial charge in [-0.3, -0.25) is 4.79 Å². The summed E-state index contributed by atoms with van der Waals surface area (Å²) in [6.45, 7) is 6.04. The number of hydrogen-bond donors (Lipinski definition) is 3. The third kappa shape index (κ3) is 6.57. The SMILES string of the molecule is CCCC(CCN)CCC(=O)NC(C)(CC)C(=O)O. The normalized spacial score (nSPS) is 15.6. The minimum Gasteiger partial charge on any atom is -0.480 e. The summed E-state index contributed by atoms with van der Waals surface area (Å²) >= 11 is 0. The Bertz CT molecular complexity index is 288. The van der Waals surface area contributed by atoms with Gasteiger partial charge in [0.2, 0.25) is 5.91 Å². The number of carboxylic acids is 1. The van der Waals surface area contributed by atoms with Gasteiger partial charge in [0.15, 0.2) is 0 Å². The van der Waals surface area contributed by atoms with E-state index < -0.39 is 11.5 Å². The van der Waals surface area contributed by atoms with Gasteiger partial charge in [-0.1, -0.05) is 26.7 Å². The molecule has 0 radical (unpaired) electrons. The number of nitrogens with one attached hydrogen (secondary N) is 1. The molecule has 5 heteroatoms. The van der Waals surface area contributed by atoms with E-state index in [1.807, 2.05) is 0 Å². The van der Waals surface area contributed by atoms with Crippen LogP contribution in [-0.4, -0.2) is 29.1 Å². The molecule has 0 aromatic rings. The fourth-order valence-electron chi connectivity index (χ4n) is 2.08. The molecule has 0 aliphatic heterocycles. The molecule has 112 valence electrons. The van der Waals surface area contributed by atoms with Gasteiger partial charge in [0.25, 0.3) is 0 Å². The van der Waals surface area contributed by atoms with Crippen molar-refractivity contribution in [1.29, 1.82) is 0 Å². The lowest BCUT2D eigenvalue weighted by Gasteiger charge is -2.25. The van der Waals surface area contributed by atoms with E-state index in [0.717, 1.165) is 25.7 Å². The molecule has 0 aromatic carbocycles. The second-order valence-corrected chi connectivity index (χ2v) is 5.31. The number of hydrogen-bond acceptors (Lipinski definition) is 3. The van der Waals surface area contributed by atoms with Crippen LogP contribution in [0.3, 0.4) is 0 Å². The number of carbonyl (C=O) groups is 2. The Balaban J connectivity index is 4.26. The fraction of sp³-hybridized carbons (Fsp3) is 0.857. The van der Waals surface area contributed by atoms with E-state index in [-0.39, 0.29) is 5.91 Å². The second-order valence-electron chi connectivity index (χ2n) is 5.31. The van der Waals surface area contributed by atoms with E-state index in [2.05, 4.69) is 12.2 Å². The molecule has 2 atom stereocenters. The highest BCUT2D eigenvalue weighted by Crippen LogP contribution is 2.17. The first-order valence-corrected chi connectivity index (χ1v) is 7.14. The van der Waals surface area contributed by atoms with Gasteiger partial charge >= 0.3 is 5.97 Å². The zero-order valence-electron chi connectivity index (χ0n) is 12.4. The molecule has 0 saturated heterocycles. The molecule has 2 unspecified atom stereocenters. The Hall–Kier alpha value is -1.10. The summed E-state index contributed by atoms with van der Waals surface area (Å²) in [5, 5.41) is 11.7. The number of aliphatic carboxylic acids is 1. The van der Waals surface area contributed by atoms with Crippen LogP contribution in [0.5, 0.6) is 0 Å². The summed E-state index contributed by atoms with van der Waals surface area (Å²) in [5.74, 6) is -0.723. The van der Waals surface area contributed by atoms with Gasteiger partial charge in [-0.05, 0) is 38.6 Å². The summed E-state index contributed by atoms with van der Waals surface area (Å²) in [6.07, 6.45) is 4.58. The smallest absolute Gasteiger partial charge is 0.329 e. The third-order valence-electron chi connectivity index (χ3n) is 3.65. The van der Waals surface area contributed by atoms with Crippen molar-refractivity contribution >= 4 is 11.9 Å². The average molecular weight is 272 g/mol. The Kier molecular flexibility index (Phi) is 8.39. The third-order valence-corrected chi connectivity index (χ3v) is 3.65. The van der Waals surface area contributed by atoms with E-state index in [0.29, 0.717) is 25.3 Å². The van der Waals surface area contributed by atoms with Crippen molar-refractivity contribution in [1.82, 2.24) is 5.32 Å². The maximum Gasteiger partial charge on any atom is 0.329 e. The summed E-state index contributed by atoms with van der Waals surface area (Å²) in [5.41, 5.74) is 4.39. The average Bonchev–Trinajstić information content (AvgIpc) is 2.36. The molecule has 0 heterocycles. The van der Waals surface area contributed by atoms with Crippen LogP contribution in [0.1, 0.15) is 59.3 Å². The Morgan fingerprint density at radius 2 is 1.89 bits per heavy atom. The largest absolute Gasteiger partial charge is 0.480 e. The Labute approximate surface area is 115 Å². The number of carboxylic acid groups (broad SMARTS) is 1. The lowest BCUT2D eigenvalue weighted by atomic mass is 9.93. The molecule has 4 N–H and O–H groups in total. The van der Waals surface area contributed by atoms with Gasteiger partial charge in [0, 0.05) is 6.42 Å². The minimum atomic E-state index is -1.16. The lowest BCUT2D eigenvalue weighted by Crippen LogP contribution is -2.51. The zero-order valence-corrected chi connectivity index (χ0v) is 12.4. The molecule has 5 nitrogen and oxygen atoms in total. The van der Waals surface area contributed by atoms with Crippen molar-refractivity contribution in [3.05, 3.63) is 0 Å². The number of amides is 1. The van der Waals surface area contributed by atoms with Crippen molar-refractivity contribution in [3.63, 3.8) is 0 Å². The van der Waals surface area contributed by atoms with Crippen LogP contribution < -0.4 is 11.1 Å². The van der Waals surface area contributed by atoms with Crippen molar-refractivity contribution in [2.75, 3.05) is 6.54 Å². The molecule has 0 fully saturated rings. The second kappa shape index (κ2) is 8.91. The Morgan fingerprint density at radius 3 is 2.32 bits per heavy atom. The van der Waals surface area contributed by atoms with Crippen LogP contribution in [0.25, 0.3) is 0 Å². The Morgan fingerprint density at radius 1 is 1.26 bits per heavy atom. The van der Waals surface area contributed by atoms with Crippen molar-refractivity contribution in [2.24, 2.45) is 11.7 Å². The fourth-order valence-corrected chi connectivity index (χ4v) is 2.08. The number of carbonyl (C=O) groups excluding carboxylic acids is 1. The van der Waals surface area contributed by atoms with Gasteiger partial charge in [0.1, 0.15) is 5.54 Å². The summed E-state index contributed by atoms with van der Waals surface area (Å²) in [4.78, 5) is 22.9. The van der Waals surface area contributed by atoms with Gasteiger partial charge in [0.05, 0.1) is 0 Å². The van der Waals surface area contributed by atoms with Gasteiger partial charge in [-0.2, -0.15) is 0 Å². The molecule has 0 spiro atoms. The molecule has 0 rings (SSSR count). The zero-order chi connectivity index (χ0) is 14.9. The number of nitrogens with two attached hydrogens (primary N) is 1. The lowest BCUT2D eigenvalue weighted by molar-refractivity contribution is -0.147. The highest BCUT2D eigenvalue weighted by molar-refractivity contribution is 5.86. The van der Waals surface area contributed by atoms with E-state index in [9.17, 15) is 9.59 Å². The highest BCUT2D eigenvalue weighted by atomic mass is 16.4. The van der Waals surface area contributed by atoms with Gasteiger partial charge in [-0.25, -0.2) is 4.79 Å². The van der Waals surface area contributed by atoms with Crippen LogP contribution in [0, 0.1) is 5.92 Å². The van der Waals surface area contributed by atoms with E-state index in [1.165, 1.54) is 6.92 Å². The first-order chi connectivity index (χ1) is 8.89. The minimum absolute atomic E-state index is 0.190. The highest BCUT2D eigenvalue weighted by Gasteiger charge is 2.32. The molecular formula is C14H28N2O3. The predicted octanol–water partition coefficient (Wildman–Crippen LogP) is 1.90. The van der Waals surface area contributed by atoms with Crippen molar-refractivity contribution < 1.29 is 14.7 Å². The maximum atomic E-state index is 11.8. The first-order valence-electron chi connectivity index (χ1n) is 7.14. The van der Waals surface area contributed by atoms with E-state index in [1.54, 1.807) is 6.92 Å². The summed E-state index contributed by atoms with van der Waals surface area (Å²) in [7, 11) is 0. The molecule has 1 amide bonds. The standard InChI is InChI=1S/C14H28N2O3/c1-4-6-11(9-10-15)7-8-12(17)16-14(3,5-2)13(18)19/h11H,4-10,15H2,1-3H3,(H,16,17)(H,18,19). The monoisotopic (exact) mass is 272 g/mol.